The fourth-order valence-corrected chi connectivity index (χ4v) is 2.44. The third-order valence-corrected chi connectivity index (χ3v) is 3.33. The molecule has 1 aliphatic rings. The van der Waals surface area contributed by atoms with E-state index in [1.807, 2.05) is 13.8 Å². The van der Waals surface area contributed by atoms with Gasteiger partial charge in [-0.15, -0.1) is 0 Å². The third-order valence-electron chi connectivity index (χ3n) is 3.33. The highest BCUT2D eigenvalue weighted by Gasteiger charge is 2.41. The van der Waals surface area contributed by atoms with E-state index in [0.29, 0.717) is 18.3 Å². The van der Waals surface area contributed by atoms with E-state index < -0.39 is 5.60 Å². The lowest BCUT2D eigenvalue weighted by atomic mass is 9.78. The quantitative estimate of drug-likeness (QED) is 0.716. The van der Waals surface area contributed by atoms with Crippen LogP contribution in [0.4, 0.5) is 0 Å². The SMILES string of the molecule is CC(C)COC1(C(=O)C(C)C)CCCCC1. The molecule has 0 spiro atoms. The van der Waals surface area contributed by atoms with Crippen LogP contribution in [0, 0.1) is 11.8 Å². The maximum absolute atomic E-state index is 12.3. The van der Waals surface area contributed by atoms with Crippen molar-refractivity contribution in [3.05, 3.63) is 0 Å². The molecule has 0 aromatic carbocycles. The van der Waals surface area contributed by atoms with Gasteiger partial charge in [-0.1, -0.05) is 47.0 Å². The van der Waals surface area contributed by atoms with Gasteiger partial charge in [0, 0.05) is 5.92 Å². The van der Waals surface area contributed by atoms with Gasteiger partial charge in [0.25, 0.3) is 0 Å². The van der Waals surface area contributed by atoms with Gasteiger partial charge >= 0.3 is 0 Å². The van der Waals surface area contributed by atoms with E-state index in [-0.39, 0.29) is 5.92 Å². The van der Waals surface area contributed by atoms with E-state index in [0.717, 1.165) is 25.7 Å². The summed E-state index contributed by atoms with van der Waals surface area (Å²) in [4.78, 5) is 12.3. The predicted molar refractivity (Wildman–Crippen MR) is 66.5 cm³/mol. The number of ether oxygens (including phenoxy) is 1. The molecule has 0 bridgehead atoms. The highest BCUT2D eigenvalue weighted by atomic mass is 16.5. The maximum atomic E-state index is 12.3. The Morgan fingerprint density at radius 2 is 1.69 bits per heavy atom. The molecule has 0 heterocycles. The van der Waals surface area contributed by atoms with Crippen molar-refractivity contribution in [2.45, 2.75) is 65.4 Å². The second-order valence-electron chi connectivity index (χ2n) is 5.78. The molecular formula is C14H26O2. The summed E-state index contributed by atoms with van der Waals surface area (Å²) in [7, 11) is 0. The fraction of sp³-hybridized carbons (Fsp3) is 0.929. The van der Waals surface area contributed by atoms with Crippen LogP contribution < -0.4 is 0 Å². The molecule has 0 aromatic rings. The first-order valence-electron chi connectivity index (χ1n) is 6.66. The zero-order valence-corrected chi connectivity index (χ0v) is 11.2. The average molecular weight is 226 g/mol. The Kier molecular flexibility index (Phi) is 4.97. The molecule has 0 atom stereocenters. The van der Waals surface area contributed by atoms with Crippen molar-refractivity contribution >= 4 is 5.78 Å². The topological polar surface area (TPSA) is 26.3 Å². The Morgan fingerprint density at radius 1 is 1.12 bits per heavy atom. The van der Waals surface area contributed by atoms with E-state index in [1.165, 1.54) is 6.42 Å². The van der Waals surface area contributed by atoms with Crippen LogP contribution in [0.3, 0.4) is 0 Å². The van der Waals surface area contributed by atoms with Crippen LogP contribution in [0.2, 0.25) is 0 Å². The van der Waals surface area contributed by atoms with Crippen molar-refractivity contribution in [3.8, 4) is 0 Å². The normalized spacial score (nSPS) is 20.4. The monoisotopic (exact) mass is 226 g/mol. The van der Waals surface area contributed by atoms with Gasteiger partial charge < -0.3 is 4.74 Å². The van der Waals surface area contributed by atoms with E-state index in [9.17, 15) is 4.79 Å². The van der Waals surface area contributed by atoms with Crippen molar-refractivity contribution in [2.24, 2.45) is 11.8 Å². The molecule has 0 radical (unpaired) electrons. The zero-order chi connectivity index (χ0) is 12.2. The largest absolute Gasteiger partial charge is 0.367 e. The van der Waals surface area contributed by atoms with Gasteiger partial charge in [-0.25, -0.2) is 0 Å². The summed E-state index contributed by atoms with van der Waals surface area (Å²) < 4.78 is 6.01. The Morgan fingerprint density at radius 3 is 2.12 bits per heavy atom. The summed E-state index contributed by atoms with van der Waals surface area (Å²) in [6.45, 7) is 8.94. The Labute approximate surface area is 99.8 Å². The summed E-state index contributed by atoms with van der Waals surface area (Å²) in [5.74, 6) is 0.900. The third kappa shape index (κ3) is 3.31. The maximum Gasteiger partial charge on any atom is 0.167 e. The van der Waals surface area contributed by atoms with Gasteiger partial charge in [0.2, 0.25) is 0 Å². The van der Waals surface area contributed by atoms with Gasteiger partial charge in [0.1, 0.15) is 5.60 Å². The lowest BCUT2D eigenvalue weighted by Gasteiger charge is -2.37. The van der Waals surface area contributed by atoms with Gasteiger partial charge in [0.05, 0.1) is 6.61 Å². The number of carbonyl (C=O) groups is 1. The van der Waals surface area contributed by atoms with Crippen molar-refractivity contribution in [1.82, 2.24) is 0 Å². The van der Waals surface area contributed by atoms with E-state index in [1.54, 1.807) is 0 Å². The average Bonchev–Trinajstić information content (AvgIpc) is 2.26. The number of rotatable bonds is 5. The van der Waals surface area contributed by atoms with Crippen LogP contribution in [0.5, 0.6) is 0 Å². The summed E-state index contributed by atoms with van der Waals surface area (Å²) >= 11 is 0. The molecule has 94 valence electrons. The molecule has 16 heavy (non-hydrogen) atoms. The Balaban J connectivity index is 2.71. The lowest BCUT2D eigenvalue weighted by Crippen LogP contribution is -2.46. The fourth-order valence-electron chi connectivity index (χ4n) is 2.44. The molecule has 1 saturated carbocycles. The van der Waals surface area contributed by atoms with Gasteiger partial charge in [-0.3, -0.25) is 4.79 Å². The summed E-state index contributed by atoms with van der Waals surface area (Å²) in [6, 6.07) is 0. The first kappa shape index (κ1) is 13.7. The molecule has 1 rings (SSSR count). The molecule has 0 N–H and O–H groups in total. The van der Waals surface area contributed by atoms with Crippen molar-refractivity contribution in [1.29, 1.82) is 0 Å². The molecule has 1 aliphatic carbocycles. The second-order valence-corrected chi connectivity index (χ2v) is 5.78. The molecule has 0 amide bonds. The van der Waals surface area contributed by atoms with Crippen LogP contribution in [-0.2, 0) is 9.53 Å². The minimum absolute atomic E-state index is 0.0882. The lowest BCUT2D eigenvalue weighted by molar-refractivity contribution is -0.154. The van der Waals surface area contributed by atoms with Gasteiger partial charge in [0.15, 0.2) is 5.78 Å². The second kappa shape index (κ2) is 5.81. The molecule has 2 nitrogen and oxygen atoms in total. The Hall–Kier alpha value is -0.370. The molecule has 2 heteroatoms. The minimum atomic E-state index is -0.448. The van der Waals surface area contributed by atoms with E-state index >= 15 is 0 Å². The highest BCUT2D eigenvalue weighted by molar-refractivity contribution is 5.89. The predicted octanol–water partition coefficient (Wildman–Crippen LogP) is 3.59. The first-order valence-corrected chi connectivity index (χ1v) is 6.66. The van der Waals surface area contributed by atoms with Crippen molar-refractivity contribution in [3.63, 3.8) is 0 Å². The number of ketones is 1. The number of carbonyl (C=O) groups excluding carboxylic acids is 1. The zero-order valence-electron chi connectivity index (χ0n) is 11.2. The first-order chi connectivity index (χ1) is 7.48. The van der Waals surface area contributed by atoms with Gasteiger partial charge in [-0.2, -0.15) is 0 Å². The molecule has 0 aromatic heterocycles. The molecular weight excluding hydrogens is 200 g/mol. The standard InChI is InChI=1S/C14H26O2/c1-11(2)10-16-14(13(15)12(3)4)8-6-5-7-9-14/h11-12H,5-10H2,1-4H3. The molecule has 0 aliphatic heterocycles. The summed E-state index contributed by atoms with van der Waals surface area (Å²) in [6.07, 6.45) is 5.37. The molecule has 0 unspecified atom stereocenters. The number of Topliss-reactive ketones (excluding diaryl/α,β-unsaturated/α-hetero) is 1. The molecule has 0 saturated heterocycles. The van der Waals surface area contributed by atoms with Crippen LogP contribution in [0.25, 0.3) is 0 Å². The van der Waals surface area contributed by atoms with E-state index in [2.05, 4.69) is 13.8 Å². The van der Waals surface area contributed by atoms with Crippen molar-refractivity contribution in [2.75, 3.05) is 6.61 Å². The molecule has 1 fully saturated rings. The van der Waals surface area contributed by atoms with E-state index in [4.69, 9.17) is 4.74 Å². The van der Waals surface area contributed by atoms with Crippen LogP contribution >= 0.6 is 0 Å². The van der Waals surface area contributed by atoms with Crippen LogP contribution in [0.15, 0.2) is 0 Å². The minimum Gasteiger partial charge on any atom is -0.367 e. The Bertz CT molecular complexity index is 225. The number of hydrogen-bond donors (Lipinski definition) is 0. The van der Waals surface area contributed by atoms with Crippen LogP contribution in [-0.4, -0.2) is 18.0 Å². The smallest absolute Gasteiger partial charge is 0.167 e. The van der Waals surface area contributed by atoms with Gasteiger partial charge in [-0.05, 0) is 18.8 Å². The number of hydrogen-bond acceptors (Lipinski definition) is 2. The summed E-state index contributed by atoms with van der Waals surface area (Å²) in [5, 5.41) is 0. The summed E-state index contributed by atoms with van der Waals surface area (Å²) in [5.41, 5.74) is -0.448. The van der Waals surface area contributed by atoms with Crippen LogP contribution in [0.1, 0.15) is 59.8 Å². The highest BCUT2D eigenvalue weighted by Crippen LogP contribution is 2.34. The van der Waals surface area contributed by atoms with Crippen molar-refractivity contribution < 1.29 is 9.53 Å².